The van der Waals surface area contributed by atoms with Crippen molar-refractivity contribution in [1.82, 2.24) is 4.90 Å². The van der Waals surface area contributed by atoms with Gasteiger partial charge in [0.15, 0.2) is 13.9 Å². The molecule has 0 radical (unpaired) electrons. The zero-order chi connectivity index (χ0) is 29.4. The lowest BCUT2D eigenvalue weighted by Crippen LogP contribution is -2.46. The Morgan fingerprint density at radius 1 is 1.25 bits per heavy atom. The van der Waals surface area contributed by atoms with Crippen LogP contribution in [0.1, 0.15) is 65.4 Å². The van der Waals surface area contributed by atoms with Crippen molar-refractivity contribution < 1.29 is 24.2 Å². The van der Waals surface area contributed by atoms with Gasteiger partial charge >= 0.3 is 0 Å². The van der Waals surface area contributed by atoms with E-state index in [1.54, 1.807) is 4.90 Å². The first kappa shape index (κ1) is 31.4. The van der Waals surface area contributed by atoms with Gasteiger partial charge in [-0.2, -0.15) is 0 Å². The molecule has 1 spiro atoms. The average molecular weight is 681 g/mol. The summed E-state index contributed by atoms with van der Waals surface area (Å²) in [5.74, 6) is -0.492. The van der Waals surface area contributed by atoms with Gasteiger partial charge in [-0.1, -0.05) is 30.2 Å². The molecule has 1 aromatic carbocycles. The molecule has 0 aliphatic carbocycles. The quantitative estimate of drug-likeness (QED) is 0.204. The van der Waals surface area contributed by atoms with E-state index in [0.717, 1.165) is 40.5 Å². The molecule has 3 heterocycles. The Morgan fingerprint density at radius 3 is 2.62 bits per heavy atom. The second-order valence-electron chi connectivity index (χ2n) is 12.6. The Bertz CT molecular complexity index is 1190. The van der Waals surface area contributed by atoms with Crippen LogP contribution >= 0.6 is 22.6 Å². The number of amides is 2. The van der Waals surface area contributed by atoms with E-state index in [1.165, 1.54) is 11.1 Å². The van der Waals surface area contributed by atoms with Crippen LogP contribution < -0.4 is 4.90 Å². The minimum absolute atomic E-state index is 0.0538. The van der Waals surface area contributed by atoms with Gasteiger partial charge in [-0.05, 0) is 100 Å². The highest BCUT2D eigenvalue weighted by molar-refractivity contribution is 14.1. The van der Waals surface area contributed by atoms with Crippen molar-refractivity contribution in [3.05, 3.63) is 50.6 Å². The van der Waals surface area contributed by atoms with E-state index >= 15 is 0 Å². The van der Waals surface area contributed by atoms with Gasteiger partial charge in [0.05, 0.1) is 30.9 Å². The normalized spacial score (nSPS) is 28.5. The largest absolute Gasteiger partial charge is 0.432 e. The number of aliphatic hydroxyl groups excluding tert-OH is 1. The number of benzene rings is 1. The van der Waals surface area contributed by atoms with E-state index in [4.69, 9.17) is 4.74 Å². The summed E-state index contributed by atoms with van der Waals surface area (Å²) in [5, 5.41) is 9.78. The van der Waals surface area contributed by atoms with Crippen LogP contribution in [0.15, 0.2) is 41.5 Å². The number of ether oxygens (including phenoxy) is 1. The summed E-state index contributed by atoms with van der Waals surface area (Å²) < 4.78 is 7.83. The monoisotopic (exact) mass is 680 g/mol. The molecular formula is C31H45IN2O5Si. The fourth-order valence-electron chi connectivity index (χ4n) is 7.01. The molecule has 3 aliphatic rings. The maximum absolute atomic E-state index is 14.4. The molecule has 0 bridgehead atoms. The molecule has 0 aromatic heterocycles. The summed E-state index contributed by atoms with van der Waals surface area (Å²) in [5.41, 5.74) is 2.66. The highest BCUT2D eigenvalue weighted by Crippen LogP contribution is 2.59. The lowest BCUT2D eigenvalue weighted by Gasteiger charge is -2.32. The Hall–Kier alpha value is -1.53. The molecule has 0 unspecified atom stereocenters. The summed E-state index contributed by atoms with van der Waals surface area (Å²) in [6, 6.07) is 5.87. The van der Waals surface area contributed by atoms with Gasteiger partial charge in [-0.15, -0.1) is 0 Å². The third-order valence-electron chi connectivity index (χ3n) is 8.94. The number of fused-ring (bicyclic) bond motifs is 2. The molecule has 2 N–H and O–H groups in total. The molecule has 4 rings (SSSR count). The number of likely N-dealkylation sites (tertiary alicyclic amines) is 1. The van der Waals surface area contributed by atoms with E-state index in [-0.39, 0.29) is 42.3 Å². The van der Waals surface area contributed by atoms with E-state index in [0.29, 0.717) is 13.1 Å². The second-order valence-corrected chi connectivity index (χ2v) is 17.8. The summed E-state index contributed by atoms with van der Waals surface area (Å²) in [6.45, 7) is 13.1. The van der Waals surface area contributed by atoms with Crippen LogP contribution in [0.4, 0.5) is 5.69 Å². The second kappa shape index (κ2) is 12.4. The van der Waals surface area contributed by atoms with Crippen LogP contribution in [0.3, 0.4) is 0 Å². The van der Waals surface area contributed by atoms with E-state index in [9.17, 15) is 19.5 Å². The van der Waals surface area contributed by atoms with E-state index in [2.05, 4.69) is 55.5 Å². The first-order valence-corrected chi connectivity index (χ1v) is 18.6. The van der Waals surface area contributed by atoms with Crippen LogP contribution in [-0.4, -0.2) is 66.8 Å². The number of carbonyl (C=O) groups excluding carboxylic acids is 2. The summed E-state index contributed by atoms with van der Waals surface area (Å²) in [6.07, 6.45) is 7.44. The highest BCUT2D eigenvalue weighted by atomic mass is 127. The summed E-state index contributed by atoms with van der Waals surface area (Å²) >= 11 is 2.27. The zero-order valence-corrected chi connectivity index (χ0v) is 27.9. The summed E-state index contributed by atoms with van der Waals surface area (Å²) in [7, 11) is -2.86. The molecule has 2 amide bonds. The molecule has 2 fully saturated rings. The van der Waals surface area contributed by atoms with Gasteiger partial charge in [-0.3, -0.25) is 9.59 Å². The Morgan fingerprint density at radius 2 is 1.98 bits per heavy atom. The maximum atomic E-state index is 14.4. The topological polar surface area (TPSA) is 90.3 Å². The zero-order valence-electron chi connectivity index (χ0n) is 24.7. The van der Waals surface area contributed by atoms with Crippen molar-refractivity contribution in [2.75, 3.05) is 24.6 Å². The Balaban J connectivity index is 1.67. The standard InChI is InChI=1S/C31H45IN2O5Si/c1-20(2)9-7-10-21(3)14-16-34-26-13-12-23(32)17-25(26)31(30(34)37)22(4)29(40(5,6)38)27(39-31)18-28(36)33-15-8-11-24(33)19-35/h9,12-14,17,22,24,27,29,35,38H,7-8,10-11,15-16,18-19H2,1-6H3/b21-14+/t22-,24-,27+,29-,31+/m0/s1. The molecule has 2 saturated heterocycles. The molecule has 7 nitrogen and oxygen atoms in total. The van der Waals surface area contributed by atoms with Crippen molar-refractivity contribution in [3.63, 3.8) is 0 Å². The fraction of sp³-hybridized carbons (Fsp3) is 0.613. The van der Waals surface area contributed by atoms with Gasteiger partial charge in [-0.25, -0.2) is 0 Å². The third-order valence-corrected chi connectivity index (χ3v) is 12.1. The first-order valence-electron chi connectivity index (χ1n) is 14.5. The number of carbonyl (C=O) groups is 2. The number of halogens is 1. The van der Waals surface area contributed by atoms with Gasteiger partial charge < -0.3 is 24.4 Å². The van der Waals surface area contributed by atoms with Crippen LogP contribution in [-0.2, 0) is 19.9 Å². The minimum atomic E-state index is -2.86. The lowest BCUT2D eigenvalue weighted by atomic mass is 9.82. The predicted molar refractivity (Wildman–Crippen MR) is 170 cm³/mol. The van der Waals surface area contributed by atoms with Gasteiger partial charge in [0.2, 0.25) is 5.91 Å². The predicted octanol–water partition coefficient (Wildman–Crippen LogP) is 5.50. The molecule has 40 heavy (non-hydrogen) atoms. The van der Waals surface area contributed by atoms with Crippen LogP contribution in [0, 0.1) is 9.49 Å². The number of aliphatic hydroxyl groups is 1. The van der Waals surface area contributed by atoms with Crippen LogP contribution in [0.2, 0.25) is 18.6 Å². The average Bonchev–Trinajstić information content (AvgIpc) is 3.52. The van der Waals surface area contributed by atoms with Crippen LogP contribution in [0.5, 0.6) is 0 Å². The van der Waals surface area contributed by atoms with Crippen molar-refractivity contribution in [3.8, 4) is 0 Å². The van der Waals surface area contributed by atoms with Gasteiger partial charge in [0, 0.05) is 33.7 Å². The third kappa shape index (κ3) is 6.00. The number of hydrogen-bond acceptors (Lipinski definition) is 5. The van der Waals surface area contributed by atoms with Crippen molar-refractivity contribution in [2.24, 2.45) is 5.92 Å². The number of nitrogens with zero attached hydrogens (tertiary/aromatic N) is 2. The van der Waals surface area contributed by atoms with Crippen molar-refractivity contribution in [2.45, 2.75) is 96.2 Å². The Labute approximate surface area is 253 Å². The molecule has 220 valence electrons. The van der Waals surface area contributed by atoms with E-state index in [1.807, 2.05) is 43.1 Å². The minimum Gasteiger partial charge on any atom is -0.432 e. The van der Waals surface area contributed by atoms with E-state index < -0.39 is 20.0 Å². The number of rotatable bonds is 9. The van der Waals surface area contributed by atoms with Gasteiger partial charge in [0.1, 0.15) is 0 Å². The highest BCUT2D eigenvalue weighted by Gasteiger charge is 2.66. The number of hydrogen-bond donors (Lipinski definition) is 2. The number of allylic oxidation sites excluding steroid dienone is 3. The van der Waals surface area contributed by atoms with Gasteiger partial charge in [0.25, 0.3) is 5.91 Å². The van der Waals surface area contributed by atoms with Crippen molar-refractivity contribution in [1.29, 1.82) is 0 Å². The molecule has 1 aromatic rings. The SMILES string of the molecule is CC(C)=CCC/C(C)=C/CN1C(=O)[C@]2(O[C@H](CC(=O)N3CCC[C@H]3CO)[C@@H]([Si](C)(C)O)[C@@H]2C)c2cc(I)ccc21. The Kier molecular flexibility index (Phi) is 9.71. The van der Waals surface area contributed by atoms with Crippen LogP contribution in [0.25, 0.3) is 0 Å². The fourth-order valence-corrected chi connectivity index (χ4v) is 10.1. The molecule has 3 aliphatic heterocycles. The molecule has 9 heteroatoms. The maximum Gasteiger partial charge on any atom is 0.264 e. The van der Waals surface area contributed by atoms with Crippen molar-refractivity contribution >= 4 is 48.4 Å². The number of anilines is 1. The molecular weight excluding hydrogens is 635 g/mol. The smallest absolute Gasteiger partial charge is 0.264 e. The summed E-state index contributed by atoms with van der Waals surface area (Å²) in [4.78, 5) is 43.0. The molecule has 5 atom stereocenters. The molecule has 0 saturated carbocycles. The lowest BCUT2D eigenvalue weighted by molar-refractivity contribution is -0.150. The first-order chi connectivity index (χ1) is 18.8.